The van der Waals surface area contributed by atoms with E-state index in [-0.39, 0.29) is 22.9 Å². The lowest BCUT2D eigenvalue weighted by Crippen LogP contribution is -2.57. The molecule has 0 radical (unpaired) electrons. The maximum absolute atomic E-state index is 12.8. The van der Waals surface area contributed by atoms with E-state index in [9.17, 15) is 13.2 Å². The van der Waals surface area contributed by atoms with Gasteiger partial charge in [-0.05, 0) is 38.1 Å². The number of hydrogen-bond donors (Lipinski definition) is 2. The molecular weight excluding hydrogens is 290 g/mol. The van der Waals surface area contributed by atoms with Crippen LogP contribution in [0.5, 0.6) is 0 Å². The highest BCUT2D eigenvalue weighted by Crippen LogP contribution is 2.23. The van der Waals surface area contributed by atoms with Crippen molar-refractivity contribution >= 4 is 15.9 Å². The van der Waals surface area contributed by atoms with Crippen LogP contribution >= 0.6 is 0 Å². The molecule has 1 fully saturated rings. The van der Waals surface area contributed by atoms with Gasteiger partial charge in [-0.2, -0.15) is 4.31 Å². The average molecular weight is 311 g/mol. The summed E-state index contributed by atoms with van der Waals surface area (Å²) in [4.78, 5) is 11.7. The molecule has 21 heavy (non-hydrogen) atoms. The summed E-state index contributed by atoms with van der Waals surface area (Å²) in [6.07, 6.45) is 0. The van der Waals surface area contributed by atoms with E-state index >= 15 is 0 Å². The van der Waals surface area contributed by atoms with Crippen LogP contribution in [0.4, 0.5) is 0 Å². The Bertz CT molecular complexity index is 603. The van der Waals surface area contributed by atoms with Gasteiger partial charge in [-0.25, -0.2) is 8.42 Å². The number of nitrogens with one attached hydrogen (secondary N) is 2. The first kappa shape index (κ1) is 15.9. The van der Waals surface area contributed by atoms with Crippen molar-refractivity contribution in [3.63, 3.8) is 0 Å². The number of amides is 1. The fourth-order valence-electron chi connectivity index (χ4n) is 2.63. The van der Waals surface area contributed by atoms with E-state index in [4.69, 9.17) is 0 Å². The molecule has 1 amide bonds. The molecule has 1 aliphatic rings. The smallest absolute Gasteiger partial charge is 0.251 e. The predicted molar refractivity (Wildman–Crippen MR) is 80.7 cm³/mol. The zero-order chi connectivity index (χ0) is 15.6. The highest BCUT2D eigenvalue weighted by molar-refractivity contribution is 7.89. The minimum absolute atomic E-state index is 0.0997. The monoisotopic (exact) mass is 311 g/mol. The van der Waals surface area contributed by atoms with Gasteiger partial charge in [0.1, 0.15) is 0 Å². The topological polar surface area (TPSA) is 78.5 Å². The normalized spacial score (nSPS) is 23.8. The predicted octanol–water partition coefficient (Wildman–Crippen LogP) is 0.417. The van der Waals surface area contributed by atoms with E-state index in [1.807, 2.05) is 13.8 Å². The highest BCUT2D eigenvalue weighted by Gasteiger charge is 2.35. The van der Waals surface area contributed by atoms with Crippen molar-refractivity contribution in [1.29, 1.82) is 0 Å². The molecule has 2 rings (SSSR count). The minimum atomic E-state index is -3.55. The Morgan fingerprint density at radius 3 is 2.19 bits per heavy atom. The summed E-state index contributed by atoms with van der Waals surface area (Å²) >= 11 is 0. The van der Waals surface area contributed by atoms with Crippen LogP contribution in [0.3, 0.4) is 0 Å². The third kappa shape index (κ3) is 3.09. The maximum Gasteiger partial charge on any atom is 0.251 e. The number of carbonyl (C=O) groups excluding carboxylic acids is 1. The fourth-order valence-corrected chi connectivity index (χ4v) is 4.45. The molecule has 0 spiro atoms. The van der Waals surface area contributed by atoms with Gasteiger partial charge in [-0.15, -0.1) is 0 Å². The first-order valence-corrected chi connectivity index (χ1v) is 8.38. The number of carbonyl (C=O) groups is 1. The van der Waals surface area contributed by atoms with Crippen molar-refractivity contribution in [2.45, 2.75) is 30.8 Å². The van der Waals surface area contributed by atoms with Crippen LogP contribution in [0.1, 0.15) is 24.2 Å². The summed E-state index contributed by atoms with van der Waals surface area (Å²) in [5.41, 5.74) is 0.442. The molecule has 0 bridgehead atoms. The molecule has 2 N–H and O–H groups in total. The number of rotatable bonds is 3. The Labute approximate surface area is 125 Å². The lowest BCUT2D eigenvalue weighted by atomic mass is 10.2. The van der Waals surface area contributed by atoms with Gasteiger partial charge in [0.15, 0.2) is 0 Å². The molecule has 2 unspecified atom stereocenters. The van der Waals surface area contributed by atoms with Gasteiger partial charge in [-0.3, -0.25) is 4.79 Å². The Morgan fingerprint density at radius 2 is 1.71 bits per heavy atom. The third-order valence-corrected chi connectivity index (χ3v) is 5.81. The van der Waals surface area contributed by atoms with Crippen molar-refractivity contribution in [3.8, 4) is 0 Å². The van der Waals surface area contributed by atoms with E-state index in [1.54, 1.807) is 4.31 Å². The first-order chi connectivity index (χ1) is 9.87. The molecule has 6 nitrogen and oxygen atoms in total. The summed E-state index contributed by atoms with van der Waals surface area (Å²) in [6, 6.07) is 5.84. The standard InChI is InChI=1S/C14H21N3O3S/c1-10-8-16-9-11(2)17(10)21(19,20)13-6-4-12(5-7-13)14(18)15-3/h4-7,10-11,16H,8-9H2,1-3H3,(H,15,18). The SMILES string of the molecule is CNC(=O)c1ccc(S(=O)(=O)N2C(C)CNCC2C)cc1. The molecule has 0 saturated carbocycles. The number of nitrogens with zero attached hydrogens (tertiary/aromatic N) is 1. The van der Waals surface area contributed by atoms with Crippen LogP contribution in [0, 0.1) is 0 Å². The zero-order valence-electron chi connectivity index (χ0n) is 12.5. The molecule has 1 aliphatic heterocycles. The van der Waals surface area contributed by atoms with Gasteiger partial charge >= 0.3 is 0 Å². The lowest BCUT2D eigenvalue weighted by Gasteiger charge is -2.38. The summed E-state index contributed by atoms with van der Waals surface area (Å²) in [6.45, 7) is 5.05. The van der Waals surface area contributed by atoms with E-state index in [0.717, 1.165) is 0 Å². The molecule has 1 aromatic rings. The number of sulfonamides is 1. The van der Waals surface area contributed by atoms with Crippen LogP contribution in [0.25, 0.3) is 0 Å². The van der Waals surface area contributed by atoms with E-state index in [0.29, 0.717) is 18.7 Å². The van der Waals surface area contributed by atoms with Crippen LogP contribution in [-0.4, -0.2) is 50.9 Å². The van der Waals surface area contributed by atoms with Crippen molar-refractivity contribution in [2.24, 2.45) is 0 Å². The van der Waals surface area contributed by atoms with Crippen molar-refractivity contribution in [3.05, 3.63) is 29.8 Å². The zero-order valence-corrected chi connectivity index (χ0v) is 13.3. The molecule has 2 atom stereocenters. The quantitative estimate of drug-likeness (QED) is 0.848. The Hall–Kier alpha value is -1.44. The Balaban J connectivity index is 2.33. The largest absolute Gasteiger partial charge is 0.355 e. The van der Waals surface area contributed by atoms with Gasteiger partial charge in [0.05, 0.1) is 4.90 Å². The van der Waals surface area contributed by atoms with Crippen LogP contribution in [0.2, 0.25) is 0 Å². The second kappa shape index (κ2) is 6.13. The first-order valence-electron chi connectivity index (χ1n) is 6.94. The van der Waals surface area contributed by atoms with Crippen molar-refractivity contribution in [2.75, 3.05) is 20.1 Å². The highest BCUT2D eigenvalue weighted by atomic mass is 32.2. The number of piperazine rings is 1. The molecule has 7 heteroatoms. The van der Waals surface area contributed by atoms with Gasteiger partial charge in [-0.1, -0.05) is 0 Å². The average Bonchev–Trinajstić information content (AvgIpc) is 2.46. The second-order valence-electron chi connectivity index (χ2n) is 5.29. The van der Waals surface area contributed by atoms with E-state index < -0.39 is 10.0 Å². The molecular formula is C14H21N3O3S. The van der Waals surface area contributed by atoms with Crippen LogP contribution in [0.15, 0.2) is 29.2 Å². The van der Waals surface area contributed by atoms with Crippen molar-refractivity contribution < 1.29 is 13.2 Å². The van der Waals surface area contributed by atoms with Gasteiger partial charge in [0.2, 0.25) is 10.0 Å². The van der Waals surface area contributed by atoms with E-state index in [1.165, 1.54) is 31.3 Å². The fraction of sp³-hybridized carbons (Fsp3) is 0.500. The Kier molecular flexibility index (Phi) is 4.65. The number of hydrogen-bond acceptors (Lipinski definition) is 4. The van der Waals surface area contributed by atoms with Crippen LogP contribution in [-0.2, 0) is 10.0 Å². The molecule has 1 saturated heterocycles. The molecule has 1 heterocycles. The summed E-state index contributed by atoms with van der Waals surface area (Å²) in [7, 11) is -2.01. The number of benzene rings is 1. The van der Waals surface area contributed by atoms with Gasteiger partial charge in [0, 0.05) is 37.8 Å². The third-order valence-electron chi connectivity index (χ3n) is 3.67. The lowest BCUT2D eigenvalue weighted by molar-refractivity contribution is 0.0963. The molecule has 0 aliphatic carbocycles. The van der Waals surface area contributed by atoms with Crippen LogP contribution < -0.4 is 10.6 Å². The molecule has 0 aromatic heterocycles. The summed E-state index contributed by atoms with van der Waals surface area (Å²) < 4.78 is 27.1. The molecule has 116 valence electrons. The minimum Gasteiger partial charge on any atom is -0.355 e. The summed E-state index contributed by atoms with van der Waals surface area (Å²) in [5.74, 6) is -0.233. The Morgan fingerprint density at radius 1 is 1.19 bits per heavy atom. The summed E-state index contributed by atoms with van der Waals surface area (Å²) in [5, 5.41) is 5.72. The maximum atomic E-state index is 12.8. The van der Waals surface area contributed by atoms with E-state index in [2.05, 4.69) is 10.6 Å². The second-order valence-corrected chi connectivity index (χ2v) is 7.14. The molecule has 1 aromatic carbocycles. The van der Waals surface area contributed by atoms with Gasteiger partial charge < -0.3 is 10.6 Å². The van der Waals surface area contributed by atoms with Crippen molar-refractivity contribution in [1.82, 2.24) is 14.9 Å². The van der Waals surface area contributed by atoms with Gasteiger partial charge in [0.25, 0.3) is 5.91 Å².